The summed E-state index contributed by atoms with van der Waals surface area (Å²) >= 11 is 0. The quantitative estimate of drug-likeness (QED) is 0.692. The van der Waals surface area contributed by atoms with Gasteiger partial charge in [-0.3, -0.25) is 14.6 Å². The number of amides is 2. The summed E-state index contributed by atoms with van der Waals surface area (Å²) in [7, 11) is 1.62. The van der Waals surface area contributed by atoms with E-state index in [1.807, 2.05) is 24.3 Å². The molecule has 0 aliphatic carbocycles. The Hall–Kier alpha value is -3.00. The van der Waals surface area contributed by atoms with Crippen LogP contribution in [0, 0.1) is 5.92 Å². The lowest BCUT2D eigenvalue weighted by Gasteiger charge is -2.26. The van der Waals surface area contributed by atoms with Crippen LogP contribution in [0.1, 0.15) is 29.9 Å². The van der Waals surface area contributed by atoms with Gasteiger partial charge in [0.15, 0.2) is 0 Å². The third-order valence-corrected chi connectivity index (χ3v) is 4.80. The molecule has 3 rings (SSSR count). The van der Waals surface area contributed by atoms with Crippen molar-refractivity contribution in [2.24, 2.45) is 5.92 Å². The van der Waals surface area contributed by atoms with Crippen molar-refractivity contribution in [2.75, 3.05) is 33.3 Å². The number of benzene rings is 1. The second kappa shape index (κ2) is 10.2. The van der Waals surface area contributed by atoms with Crippen LogP contribution in [0.5, 0.6) is 5.75 Å². The molecule has 2 aromatic rings. The Labute approximate surface area is 176 Å². The first kappa shape index (κ1) is 21.7. The van der Waals surface area contributed by atoms with E-state index < -0.39 is 0 Å². The van der Waals surface area contributed by atoms with Gasteiger partial charge in [0, 0.05) is 32.0 Å². The van der Waals surface area contributed by atoms with Crippen LogP contribution in [0.2, 0.25) is 0 Å². The first-order valence-electron chi connectivity index (χ1n) is 10.0. The van der Waals surface area contributed by atoms with Gasteiger partial charge in [-0.2, -0.15) is 0 Å². The highest BCUT2D eigenvalue weighted by molar-refractivity contribution is 5.95. The summed E-state index contributed by atoms with van der Waals surface area (Å²) in [6.45, 7) is 5.84. The summed E-state index contributed by atoms with van der Waals surface area (Å²) in [5.74, 6) is 0.662. The summed E-state index contributed by atoms with van der Waals surface area (Å²) in [5, 5.41) is 0. The molecule has 2 heterocycles. The van der Waals surface area contributed by atoms with Crippen LogP contribution in [0.4, 0.5) is 0 Å². The summed E-state index contributed by atoms with van der Waals surface area (Å²) in [6.07, 6.45) is 4.07. The Morgan fingerprint density at radius 2 is 2.10 bits per heavy atom. The molecular weight excluding hydrogens is 384 g/mol. The maximum Gasteiger partial charge on any atom is 0.274 e. The molecule has 0 saturated carbocycles. The molecule has 1 saturated heterocycles. The third-order valence-electron chi connectivity index (χ3n) is 4.80. The number of nitrogens with zero attached hydrogens (tertiary/aromatic N) is 4. The number of hydrogen-bond donors (Lipinski definition) is 0. The normalized spacial score (nSPS) is 17.2. The average molecular weight is 412 g/mol. The smallest absolute Gasteiger partial charge is 0.274 e. The summed E-state index contributed by atoms with van der Waals surface area (Å²) in [6, 6.07) is 7.65. The molecule has 2 amide bonds. The Bertz CT molecular complexity index is 859. The molecule has 0 N–H and O–H groups in total. The molecule has 8 nitrogen and oxygen atoms in total. The number of aromatic nitrogens is 2. The third kappa shape index (κ3) is 5.76. The van der Waals surface area contributed by atoms with Crippen molar-refractivity contribution in [3.8, 4) is 5.75 Å². The number of rotatable bonds is 7. The van der Waals surface area contributed by atoms with E-state index in [2.05, 4.69) is 23.8 Å². The SMILES string of the molecule is COc1cccc(CO[C@@H]2CN(CC(C)C)C(=O)CN(C(=O)c3cnccn3)C2)c1. The highest BCUT2D eigenvalue weighted by Crippen LogP contribution is 2.17. The first-order valence-corrected chi connectivity index (χ1v) is 10.0. The van der Waals surface area contributed by atoms with Crippen LogP contribution in [-0.4, -0.2) is 71.0 Å². The Balaban J connectivity index is 1.76. The molecule has 1 atom stereocenters. The van der Waals surface area contributed by atoms with Crippen LogP contribution < -0.4 is 4.74 Å². The van der Waals surface area contributed by atoms with Gasteiger partial charge in [0.2, 0.25) is 5.91 Å². The van der Waals surface area contributed by atoms with Crippen molar-refractivity contribution >= 4 is 11.8 Å². The van der Waals surface area contributed by atoms with Gasteiger partial charge in [0.1, 0.15) is 18.0 Å². The van der Waals surface area contributed by atoms with E-state index in [9.17, 15) is 9.59 Å². The number of carbonyl (C=O) groups is 2. The molecule has 1 fully saturated rings. The van der Waals surface area contributed by atoms with Crippen LogP contribution in [0.25, 0.3) is 0 Å². The minimum atomic E-state index is -0.321. The fourth-order valence-electron chi connectivity index (χ4n) is 3.40. The van der Waals surface area contributed by atoms with Gasteiger partial charge in [0.05, 0.1) is 26.0 Å². The molecular formula is C22H28N4O4. The molecule has 8 heteroatoms. The monoisotopic (exact) mass is 412 g/mol. The fourth-order valence-corrected chi connectivity index (χ4v) is 3.40. The van der Waals surface area contributed by atoms with Crippen molar-refractivity contribution in [1.29, 1.82) is 0 Å². The van der Waals surface area contributed by atoms with Gasteiger partial charge in [-0.25, -0.2) is 4.98 Å². The number of carbonyl (C=O) groups excluding carboxylic acids is 2. The minimum absolute atomic E-state index is 0.00114. The van der Waals surface area contributed by atoms with E-state index in [-0.39, 0.29) is 30.2 Å². The van der Waals surface area contributed by atoms with Gasteiger partial charge in [0.25, 0.3) is 5.91 Å². The van der Waals surface area contributed by atoms with E-state index in [1.165, 1.54) is 23.5 Å². The Morgan fingerprint density at radius 1 is 1.27 bits per heavy atom. The fraction of sp³-hybridized carbons (Fsp3) is 0.455. The highest BCUT2D eigenvalue weighted by Gasteiger charge is 2.32. The van der Waals surface area contributed by atoms with E-state index in [1.54, 1.807) is 12.0 Å². The molecule has 30 heavy (non-hydrogen) atoms. The molecule has 1 aliphatic rings. The Morgan fingerprint density at radius 3 is 2.80 bits per heavy atom. The van der Waals surface area contributed by atoms with Crippen molar-refractivity contribution in [1.82, 2.24) is 19.8 Å². The molecule has 0 unspecified atom stereocenters. The molecule has 1 aromatic heterocycles. The standard InChI is InChI=1S/C22H28N4O4/c1-16(2)11-25-12-19(30-15-17-5-4-6-18(9-17)29-3)13-26(14-21(25)27)22(28)20-10-23-7-8-24-20/h4-10,16,19H,11-15H2,1-3H3/t19-/m1/s1. The lowest BCUT2D eigenvalue weighted by Crippen LogP contribution is -2.40. The molecule has 160 valence electrons. The van der Waals surface area contributed by atoms with Crippen molar-refractivity contribution < 1.29 is 19.1 Å². The predicted molar refractivity (Wildman–Crippen MR) is 111 cm³/mol. The highest BCUT2D eigenvalue weighted by atomic mass is 16.5. The maximum atomic E-state index is 12.9. The topological polar surface area (TPSA) is 84.9 Å². The summed E-state index contributed by atoms with van der Waals surface area (Å²) < 4.78 is 11.4. The second-order valence-electron chi connectivity index (χ2n) is 7.75. The first-order chi connectivity index (χ1) is 14.5. The number of ether oxygens (including phenoxy) is 2. The maximum absolute atomic E-state index is 12.9. The van der Waals surface area contributed by atoms with E-state index in [0.717, 1.165) is 11.3 Å². The second-order valence-corrected chi connectivity index (χ2v) is 7.75. The number of hydrogen-bond acceptors (Lipinski definition) is 6. The molecule has 0 radical (unpaired) electrons. The predicted octanol–water partition coefficient (Wildman–Crippen LogP) is 2.01. The van der Waals surface area contributed by atoms with Crippen LogP contribution in [-0.2, 0) is 16.1 Å². The summed E-state index contributed by atoms with van der Waals surface area (Å²) in [4.78, 5) is 37.1. The lowest BCUT2D eigenvalue weighted by molar-refractivity contribution is -0.132. The molecule has 1 aliphatic heterocycles. The van der Waals surface area contributed by atoms with Gasteiger partial charge in [-0.1, -0.05) is 26.0 Å². The lowest BCUT2D eigenvalue weighted by atomic mass is 10.2. The average Bonchev–Trinajstić information content (AvgIpc) is 2.91. The zero-order valence-electron chi connectivity index (χ0n) is 17.7. The van der Waals surface area contributed by atoms with E-state index >= 15 is 0 Å². The molecule has 1 aromatic carbocycles. The molecule has 0 spiro atoms. The Kier molecular flexibility index (Phi) is 7.35. The van der Waals surface area contributed by atoms with Crippen molar-refractivity contribution in [2.45, 2.75) is 26.6 Å². The van der Waals surface area contributed by atoms with Crippen LogP contribution >= 0.6 is 0 Å². The van der Waals surface area contributed by atoms with Gasteiger partial charge < -0.3 is 19.3 Å². The van der Waals surface area contributed by atoms with Crippen LogP contribution in [0.15, 0.2) is 42.9 Å². The number of methoxy groups -OCH3 is 1. The van der Waals surface area contributed by atoms with Gasteiger partial charge in [-0.15, -0.1) is 0 Å². The van der Waals surface area contributed by atoms with E-state index in [0.29, 0.717) is 32.2 Å². The van der Waals surface area contributed by atoms with Crippen molar-refractivity contribution in [3.05, 3.63) is 54.1 Å². The zero-order chi connectivity index (χ0) is 21.5. The minimum Gasteiger partial charge on any atom is -0.497 e. The largest absolute Gasteiger partial charge is 0.497 e. The van der Waals surface area contributed by atoms with Crippen LogP contribution in [0.3, 0.4) is 0 Å². The molecule has 0 bridgehead atoms. The summed E-state index contributed by atoms with van der Waals surface area (Å²) in [5.41, 5.74) is 1.18. The van der Waals surface area contributed by atoms with Gasteiger partial charge in [-0.05, 0) is 23.6 Å². The van der Waals surface area contributed by atoms with E-state index in [4.69, 9.17) is 9.47 Å². The van der Waals surface area contributed by atoms with Gasteiger partial charge >= 0.3 is 0 Å². The zero-order valence-corrected chi connectivity index (χ0v) is 17.7. The van der Waals surface area contributed by atoms with Crippen molar-refractivity contribution in [3.63, 3.8) is 0 Å².